The summed E-state index contributed by atoms with van der Waals surface area (Å²) in [7, 11) is 0. The highest BCUT2D eigenvalue weighted by Gasteiger charge is 2.50. The molecule has 1 fully saturated rings. The molecule has 15 heavy (non-hydrogen) atoms. The Morgan fingerprint density at radius 1 is 1.73 bits per heavy atom. The van der Waals surface area contributed by atoms with E-state index in [0.717, 1.165) is 10.4 Å². The van der Waals surface area contributed by atoms with Gasteiger partial charge >= 0.3 is 5.97 Å². The molecule has 1 saturated heterocycles. The van der Waals surface area contributed by atoms with Crippen LogP contribution in [0.25, 0.3) is 0 Å². The number of carboxylic acid groups (broad SMARTS) is 1. The van der Waals surface area contributed by atoms with Crippen LogP contribution in [0.15, 0.2) is 11.4 Å². The van der Waals surface area contributed by atoms with Gasteiger partial charge in [0.2, 0.25) is 0 Å². The number of hydrogen-bond donors (Lipinski definition) is 2. The molecule has 0 aliphatic carbocycles. The number of aryl methyl sites for hydroxylation is 1. The van der Waals surface area contributed by atoms with Crippen molar-refractivity contribution in [3.8, 4) is 0 Å². The Hall–Kier alpha value is -0.910. The van der Waals surface area contributed by atoms with Crippen molar-refractivity contribution in [2.45, 2.75) is 18.4 Å². The first-order valence-electron chi connectivity index (χ1n) is 4.68. The second-order valence-electron chi connectivity index (χ2n) is 3.90. The molecule has 2 rings (SSSR count). The van der Waals surface area contributed by atoms with E-state index < -0.39 is 17.4 Å². The molecule has 1 aliphatic heterocycles. The molecule has 0 spiro atoms. The Labute approximate surface area is 91.7 Å². The van der Waals surface area contributed by atoms with E-state index in [1.54, 1.807) is 11.3 Å². The first kappa shape index (κ1) is 10.6. The Morgan fingerprint density at radius 2 is 2.40 bits per heavy atom. The molecule has 5 heteroatoms. The summed E-state index contributed by atoms with van der Waals surface area (Å²) in [4.78, 5) is 12.0. The standard InChI is InChI=1S/C10H13NO3S/c1-6-2-3-15-8(6)10(4-14-5-10)7(11)9(12)13/h2-3,7H,4-5,11H2,1H3,(H,12,13). The molecule has 1 unspecified atom stereocenters. The van der Waals surface area contributed by atoms with E-state index in [1.165, 1.54) is 0 Å². The van der Waals surface area contributed by atoms with E-state index in [4.69, 9.17) is 15.6 Å². The molecule has 0 aromatic carbocycles. The normalized spacial score (nSPS) is 20.7. The molecule has 0 radical (unpaired) electrons. The summed E-state index contributed by atoms with van der Waals surface area (Å²) in [6.07, 6.45) is 0. The lowest BCUT2D eigenvalue weighted by Gasteiger charge is -2.43. The minimum Gasteiger partial charge on any atom is -0.480 e. The highest BCUT2D eigenvalue weighted by Crippen LogP contribution is 2.39. The van der Waals surface area contributed by atoms with Gasteiger partial charge in [0.25, 0.3) is 0 Å². The van der Waals surface area contributed by atoms with E-state index in [1.807, 2.05) is 18.4 Å². The third kappa shape index (κ3) is 1.47. The summed E-state index contributed by atoms with van der Waals surface area (Å²) < 4.78 is 5.15. The van der Waals surface area contributed by atoms with Gasteiger partial charge < -0.3 is 15.6 Å². The molecule has 1 aliphatic rings. The largest absolute Gasteiger partial charge is 0.480 e. The topological polar surface area (TPSA) is 72.6 Å². The maximum Gasteiger partial charge on any atom is 0.321 e. The maximum atomic E-state index is 11.0. The van der Waals surface area contributed by atoms with Crippen LogP contribution in [0.5, 0.6) is 0 Å². The van der Waals surface area contributed by atoms with E-state index in [2.05, 4.69) is 0 Å². The average molecular weight is 227 g/mol. The molecule has 4 nitrogen and oxygen atoms in total. The minimum atomic E-state index is -0.967. The van der Waals surface area contributed by atoms with Crippen LogP contribution in [0.3, 0.4) is 0 Å². The number of carboxylic acids is 1. The molecule has 0 bridgehead atoms. The predicted octanol–water partition coefficient (Wildman–Crippen LogP) is 0.736. The average Bonchev–Trinajstić information content (AvgIpc) is 2.50. The van der Waals surface area contributed by atoms with Crippen LogP contribution in [0.4, 0.5) is 0 Å². The summed E-state index contributed by atoms with van der Waals surface area (Å²) in [6, 6.07) is 1.10. The number of rotatable bonds is 3. The van der Waals surface area contributed by atoms with Crippen LogP contribution in [0.1, 0.15) is 10.4 Å². The number of hydrogen-bond acceptors (Lipinski definition) is 4. The lowest BCUT2D eigenvalue weighted by Crippen LogP contribution is -2.61. The highest BCUT2D eigenvalue weighted by atomic mass is 32.1. The fraction of sp³-hybridized carbons (Fsp3) is 0.500. The maximum absolute atomic E-state index is 11.0. The Kier molecular flexibility index (Phi) is 2.54. The lowest BCUT2D eigenvalue weighted by molar-refractivity contribution is -0.148. The third-order valence-electron chi connectivity index (χ3n) is 2.89. The number of nitrogens with two attached hydrogens (primary N) is 1. The van der Waals surface area contributed by atoms with Crippen molar-refractivity contribution in [1.82, 2.24) is 0 Å². The van der Waals surface area contributed by atoms with Crippen molar-refractivity contribution in [3.63, 3.8) is 0 Å². The van der Waals surface area contributed by atoms with Crippen molar-refractivity contribution in [2.24, 2.45) is 5.73 Å². The van der Waals surface area contributed by atoms with Crippen molar-refractivity contribution in [2.75, 3.05) is 13.2 Å². The molecule has 1 aromatic heterocycles. The summed E-state index contributed by atoms with van der Waals surface area (Å²) in [5.41, 5.74) is 6.33. The molecule has 82 valence electrons. The molecular weight excluding hydrogens is 214 g/mol. The van der Waals surface area contributed by atoms with E-state index >= 15 is 0 Å². The van der Waals surface area contributed by atoms with Crippen LogP contribution in [-0.2, 0) is 14.9 Å². The van der Waals surface area contributed by atoms with Gasteiger partial charge in [0, 0.05) is 4.88 Å². The van der Waals surface area contributed by atoms with Gasteiger partial charge in [-0.05, 0) is 23.9 Å². The summed E-state index contributed by atoms with van der Waals surface area (Å²) >= 11 is 1.55. The van der Waals surface area contributed by atoms with Crippen molar-refractivity contribution >= 4 is 17.3 Å². The van der Waals surface area contributed by atoms with Gasteiger partial charge in [-0.25, -0.2) is 0 Å². The second kappa shape index (κ2) is 3.59. The van der Waals surface area contributed by atoms with Crippen LogP contribution >= 0.6 is 11.3 Å². The van der Waals surface area contributed by atoms with Gasteiger partial charge in [-0.2, -0.15) is 0 Å². The molecule has 0 saturated carbocycles. The Balaban J connectivity index is 2.38. The Bertz CT molecular complexity index is 384. The molecule has 2 heterocycles. The van der Waals surface area contributed by atoms with E-state index in [9.17, 15) is 4.79 Å². The quantitative estimate of drug-likeness (QED) is 0.798. The third-order valence-corrected chi connectivity index (χ3v) is 4.13. The lowest BCUT2D eigenvalue weighted by atomic mass is 9.76. The van der Waals surface area contributed by atoms with Crippen molar-refractivity contribution in [3.05, 3.63) is 21.9 Å². The smallest absolute Gasteiger partial charge is 0.321 e. The second-order valence-corrected chi connectivity index (χ2v) is 4.81. The van der Waals surface area contributed by atoms with Gasteiger partial charge in [-0.15, -0.1) is 11.3 Å². The van der Waals surface area contributed by atoms with Crippen molar-refractivity contribution in [1.29, 1.82) is 0 Å². The predicted molar refractivity (Wildman–Crippen MR) is 57.2 cm³/mol. The van der Waals surface area contributed by atoms with Crippen LogP contribution in [-0.4, -0.2) is 30.3 Å². The van der Waals surface area contributed by atoms with Crippen LogP contribution < -0.4 is 5.73 Å². The summed E-state index contributed by atoms with van der Waals surface area (Å²) in [5, 5.41) is 11.0. The zero-order valence-corrected chi connectivity index (χ0v) is 9.21. The van der Waals surface area contributed by atoms with E-state index in [0.29, 0.717) is 13.2 Å². The van der Waals surface area contributed by atoms with Gasteiger partial charge in [-0.1, -0.05) is 0 Å². The fourth-order valence-electron chi connectivity index (χ4n) is 1.89. The molecular formula is C10H13NO3S. The van der Waals surface area contributed by atoms with Crippen LogP contribution in [0, 0.1) is 6.92 Å². The van der Waals surface area contributed by atoms with Gasteiger partial charge in [0.05, 0.1) is 18.6 Å². The number of aliphatic carboxylic acids is 1. The molecule has 0 amide bonds. The zero-order chi connectivity index (χ0) is 11.1. The van der Waals surface area contributed by atoms with E-state index in [-0.39, 0.29) is 0 Å². The monoisotopic (exact) mass is 227 g/mol. The van der Waals surface area contributed by atoms with Crippen molar-refractivity contribution < 1.29 is 14.6 Å². The SMILES string of the molecule is Cc1ccsc1C1(C(N)C(=O)O)COC1. The molecule has 1 atom stereocenters. The summed E-state index contributed by atoms with van der Waals surface area (Å²) in [5.74, 6) is -0.967. The van der Waals surface area contributed by atoms with Crippen LogP contribution in [0.2, 0.25) is 0 Å². The molecule has 1 aromatic rings. The van der Waals surface area contributed by atoms with Gasteiger partial charge in [-0.3, -0.25) is 4.79 Å². The number of thiophene rings is 1. The first-order valence-corrected chi connectivity index (χ1v) is 5.56. The number of ether oxygens (including phenoxy) is 1. The minimum absolute atomic E-state index is 0.405. The fourth-order valence-corrected chi connectivity index (χ4v) is 3.03. The number of carbonyl (C=O) groups is 1. The molecule has 3 N–H and O–H groups in total. The first-order chi connectivity index (χ1) is 7.08. The zero-order valence-electron chi connectivity index (χ0n) is 8.40. The van der Waals surface area contributed by atoms with Gasteiger partial charge in [0.1, 0.15) is 6.04 Å². The highest BCUT2D eigenvalue weighted by molar-refractivity contribution is 7.10. The van der Waals surface area contributed by atoms with Gasteiger partial charge in [0.15, 0.2) is 0 Å². The summed E-state index contributed by atoms with van der Waals surface area (Å²) in [6.45, 7) is 2.78. The Morgan fingerprint density at radius 3 is 2.73 bits per heavy atom.